The molecular formula is C26H29NO. The summed E-state index contributed by atoms with van der Waals surface area (Å²) in [4.78, 5) is 5.30. The summed E-state index contributed by atoms with van der Waals surface area (Å²) in [6.07, 6.45) is 6.81. The number of aliphatic imine (C=N–C) groups is 1. The van der Waals surface area contributed by atoms with E-state index in [4.69, 9.17) is 9.73 Å². The normalized spacial score (nSPS) is 15.0. The zero-order valence-corrected chi connectivity index (χ0v) is 16.9. The van der Waals surface area contributed by atoms with Gasteiger partial charge in [-0.25, -0.2) is 4.99 Å². The van der Waals surface area contributed by atoms with Crippen molar-refractivity contribution in [2.45, 2.75) is 57.9 Å². The van der Waals surface area contributed by atoms with Crippen LogP contribution in [0.2, 0.25) is 0 Å². The first-order valence-electron chi connectivity index (χ1n) is 10.6. The first-order chi connectivity index (χ1) is 13.8. The molecule has 1 aliphatic rings. The summed E-state index contributed by atoms with van der Waals surface area (Å²) in [5.41, 5.74) is 2.11. The van der Waals surface area contributed by atoms with Gasteiger partial charge in [0.2, 0.25) is 5.90 Å². The maximum atomic E-state index is 6.39. The van der Waals surface area contributed by atoms with E-state index < -0.39 is 0 Å². The van der Waals surface area contributed by atoms with Crippen LogP contribution < -0.4 is 4.74 Å². The lowest BCUT2D eigenvalue weighted by molar-refractivity contribution is 0.323. The van der Waals surface area contributed by atoms with Crippen molar-refractivity contribution in [1.82, 2.24) is 0 Å². The summed E-state index contributed by atoms with van der Waals surface area (Å²) in [5, 5.41) is 2.48. The van der Waals surface area contributed by atoms with Gasteiger partial charge in [-0.15, -0.1) is 0 Å². The molecule has 0 atom stereocenters. The predicted octanol–water partition coefficient (Wildman–Crippen LogP) is 7.25. The molecule has 0 unspecified atom stereocenters. The zero-order chi connectivity index (χ0) is 19.4. The highest BCUT2D eigenvalue weighted by Crippen LogP contribution is 2.46. The second kappa shape index (κ2) is 8.18. The Bertz CT molecular complexity index is 966. The molecule has 28 heavy (non-hydrogen) atoms. The average Bonchev–Trinajstić information content (AvgIpc) is 2.75. The Hall–Kier alpha value is -2.61. The Kier molecular flexibility index (Phi) is 5.47. The quantitative estimate of drug-likeness (QED) is 0.428. The third kappa shape index (κ3) is 3.56. The number of benzene rings is 3. The minimum atomic E-state index is -0.200. The van der Waals surface area contributed by atoms with E-state index in [0.717, 1.165) is 30.1 Å². The van der Waals surface area contributed by atoms with E-state index in [2.05, 4.69) is 74.5 Å². The van der Waals surface area contributed by atoms with Crippen LogP contribution in [0.25, 0.3) is 10.8 Å². The average molecular weight is 372 g/mol. The summed E-state index contributed by atoms with van der Waals surface area (Å²) in [6.45, 7) is 4.52. The molecule has 0 saturated carbocycles. The molecule has 0 spiro atoms. The molecule has 3 aromatic rings. The van der Waals surface area contributed by atoms with E-state index in [9.17, 15) is 0 Å². The van der Waals surface area contributed by atoms with Crippen LogP contribution in [0.15, 0.2) is 71.7 Å². The van der Waals surface area contributed by atoms with Crippen LogP contribution >= 0.6 is 0 Å². The van der Waals surface area contributed by atoms with E-state index in [1.165, 1.54) is 42.0 Å². The minimum absolute atomic E-state index is 0.200. The van der Waals surface area contributed by atoms with Crippen molar-refractivity contribution >= 4 is 16.7 Å². The van der Waals surface area contributed by atoms with Crippen molar-refractivity contribution in [1.29, 1.82) is 0 Å². The fourth-order valence-corrected chi connectivity index (χ4v) is 4.20. The highest BCUT2D eigenvalue weighted by molar-refractivity contribution is 5.98. The summed E-state index contributed by atoms with van der Waals surface area (Å²) in [7, 11) is 0. The van der Waals surface area contributed by atoms with E-state index in [1.54, 1.807) is 0 Å². The van der Waals surface area contributed by atoms with E-state index in [-0.39, 0.29) is 5.54 Å². The van der Waals surface area contributed by atoms with Crippen LogP contribution in [0.1, 0.15) is 63.5 Å². The molecule has 0 fully saturated rings. The Morgan fingerprint density at radius 3 is 2.04 bits per heavy atom. The first-order valence-corrected chi connectivity index (χ1v) is 10.6. The molecule has 0 bridgehead atoms. The van der Waals surface area contributed by atoms with Crippen LogP contribution in [-0.2, 0) is 5.54 Å². The molecule has 0 N–H and O–H groups in total. The SMILES string of the molecule is CCCCC1(CCCC)N=C(c2ccccc2)Oc2cc3ccccc3cc21. The van der Waals surface area contributed by atoms with Crippen LogP contribution in [0.5, 0.6) is 5.75 Å². The van der Waals surface area contributed by atoms with Gasteiger partial charge < -0.3 is 4.74 Å². The van der Waals surface area contributed by atoms with Crippen molar-refractivity contribution < 1.29 is 4.74 Å². The number of nitrogens with zero attached hydrogens (tertiary/aromatic N) is 1. The van der Waals surface area contributed by atoms with Crippen LogP contribution in [-0.4, -0.2) is 5.90 Å². The smallest absolute Gasteiger partial charge is 0.222 e. The van der Waals surface area contributed by atoms with Gasteiger partial charge in [-0.05, 0) is 47.9 Å². The van der Waals surface area contributed by atoms with Gasteiger partial charge in [0.15, 0.2) is 0 Å². The van der Waals surface area contributed by atoms with Gasteiger partial charge >= 0.3 is 0 Å². The summed E-state index contributed by atoms with van der Waals surface area (Å²) in [6, 6.07) is 23.4. The second-order valence-electron chi connectivity index (χ2n) is 7.82. The van der Waals surface area contributed by atoms with Gasteiger partial charge in [0, 0.05) is 11.1 Å². The zero-order valence-electron chi connectivity index (χ0n) is 16.9. The lowest BCUT2D eigenvalue weighted by Gasteiger charge is -2.36. The number of fused-ring (bicyclic) bond motifs is 2. The number of unbranched alkanes of at least 4 members (excludes halogenated alkanes) is 2. The van der Waals surface area contributed by atoms with Crippen molar-refractivity contribution in [3.05, 3.63) is 77.9 Å². The summed E-state index contributed by atoms with van der Waals surface area (Å²) in [5.74, 6) is 1.73. The molecule has 2 nitrogen and oxygen atoms in total. The second-order valence-corrected chi connectivity index (χ2v) is 7.82. The number of rotatable bonds is 7. The molecule has 0 saturated heterocycles. The molecule has 0 amide bonds. The topological polar surface area (TPSA) is 21.6 Å². The number of ether oxygens (including phenoxy) is 1. The van der Waals surface area contributed by atoms with Crippen molar-refractivity contribution in [2.24, 2.45) is 4.99 Å². The van der Waals surface area contributed by atoms with Crippen LogP contribution in [0.4, 0.5) is 0 Å². The van der Waals surface area contributed by atoms with Crippen LogP contribution in [0.3, 0.4) is 0 Å². The molecule has 1 aliphatic heterocycles. The molecular weight excluding hydrogens is 342 g/mol. The standard InChI is InChI=1S/C26H29NO/c1-3-5-16-26(17-6-4-2)23-18-21-14-10-11-15-22(21)19-24(23)28-25(27-26)20-12-8-7-9-13-20/h7-15,18-19H,3-6,16-17H2,1-2H3. The molecule has 2 heteroatoms. The van der Waals surface area contributed by atoms with Crippen molar-refractivity contribution in [3.8, 4) is 5.75 Å². The number of hydrogen-bond acceptors (Lipinski definition) is 2. The number of hydrogen-bond donors (Lipinski definition) is 0. The van der Waals surface area contributed by atoms with Crippen LogP contribution in [0, 0.1) is 0 Å². The molecule has 0 aliphatic carbocycles. The Morgan fingerprint density at radius 1 is 0.786 bits per heavy atom. The van der Waals surface area contributed by atoms with E-state index >= 15 is 0 Å². The molecule has 0 radical (unpaired) electrons. The third-order valence-corrected chi connectivity index (χ3v) is 5.78. The highest BCUT2D eigenvalue weighted by atomic mass is 16.5. The molecule has 144 valence electrons. The maximum Gasteiger partial charge on any atom is 0.222 e. The summed E-state index contributed by atoms with van der Waals surface area (Å²) >= 11 is 0. The third-order valence-electron chi connectivity index (χ3n) is 5.78. The Labute approximate surface area is 168 Å². The molecule has 3 aromatic carbocycles. The van der Waals surface area contributed by atoms with Gasteiger partial charge in [0.25, 0.3) is 0 Å². The Balaban J connectivity index is 1.90. The lowest BCUT2D eigenvalue weighted by atomic mass is 9.79. The fourth-order valence-electron chi connectivity index (χ4n) is 4.20. The monoisotopic (exact) mass is 371 g/mol. The Morgan fingerprint density at radius 2 is 1.39 bits per heavy atom. The van der Waals surface area contributed by atoms with Gasteiger partial charge in [0.05, 0.1) is 5.54 Å². The van der Waals surface area contributed by atoms with Crippen molar-refractivity contribution in [2.75, 3.05) is 0 Å². The maximum absolute atomic E-state index is 6.39. The minimum Gasteiger partial charge on any atom is -0.438 e. The van der Waals surface area contributed by atoms with Gasteiger partial charge in [-0.3, -0.25) is 0 Å². The summed E-state index contributed by atoms with van der Waals surface area (Å²) < 4.78 is 6.39. The highest BCUT2D eigenvalue weighted by Gasteiger charge is 2.38. The predicted molar refractivity (Wildman–Crippen MR) is 118 cm³/mol. The lowest BCUT2D eigenvalue weighted by Crippen LogP contribution is -2.32. The fraction of sp³-hybridized carbons (Fsp3) is 0.346. The van der Waals surface area contributed by atoms with Gasteiger partial charge in [-0.2, -0.15) is 0 Å². The van der Waals surface area contributed by atoms with Crippen molar-refractivity contribution in [3.63, 3.8) is 0 Å². The van der Waals surface area contributed by atoms with Gasteiger partial charge in [0.1, 0.15) is 5.75 Å². The largest absolute Gasteiger partial charge is 0.438 e. The van der Waals surface area contributed by atoms with E-state index in [1.807, 2.05) is 6.07 Å². The van der Waals surface area contributed by atoms with E-state index in [0.29, 0.717) is 0 Å². The molecule has 4 rings (SSSR count). The van der Waals surface area contributed by atoms with Gasteiger partial charge in [-0.1, -0.05) is 82.0 Å². The first kappa shape index (κ1) is 18.7. The molecule has 1 heterocycles. The molecule has 0 aromatic heterocycles.